The summed E-state index contributed by atoms with van der Waals surface area (Å²) in [5, 5.41) is 16.3. The van der Waals surface area contributed by atoms with Gasteiger partial charge in [-0.2, -0.15) is 5.26 Å². The number of likely N-dealkylation sites (N-methyl/N-ethyl adjacent to an activating group) is 1. The molecule has 4 heterocycles. The second-order valence-corrected chi connectivity index (χ2v) is 11.5. The summed E-state index contributed by atoms with van der Waals surface area (Å²) in [5.74, 6) is 7.58. The van der Waals surface area contributed by atoms with E-state index >= 15 is 0 Å². The number of nitrogens with one attached hydrogen (secondary N) is 1. The summed E-state index contributed by atoms with van der Waals surface area (Å²) in [6.45, 7) is 5.13. The molecule has 0 radical (unpaired) electrons. The smallest absolute Gasteiger partial charge is 0.276 e. The monoisotopic (exact) mass is 537 g/mol. The van der Waals surface area contributed by atoms with Crippen LogP contribution in [0.2, 0.25) is 0 Å². The number of H-pyrrole nitrogens is 1. The van der Waals surface area contributed by atoms with Gasteiger partial charge in [-0.25, -0.2) is 10.8 Å². The first kappa shape index (κ1) is 26.2. The summed E-state index contributed by atoms with van der Waals surface area (Å²) in [4.78, 5) is 23.8. The number of hydrazine groups is 1. The summed E-state index contributed by atoms with van der Waals surface area (Å²) >= 11 is 1.48. The van der Waals surface area contributed by atoms with E-state index in [1.807, 2.05) is 6.92 Å². The van der Waals surface area contributed by atoms with Crippen molar-refractivity contribution in [2.75, 3.05) is 30.1 Å². The fourth-order valence-corrected chi connectivity index (χ4v) is 7.21. The topological polar surface area (TPSA) is 180 Å². The largest absolute Gasteiger partial charge is 0.391 e. The lowest BCUT2D eigenvalue weighted by molar-refractivity contribution is 0.271. The van der Waals surface area contributed by atoms with E-state index in [-0.39, 0.29) is 35.3 Å². The summed E-state index contributed by atoms with van der Waals surface area (Å²) in [6.07, 6.45) is 6.31. The average molecular weight is 538 g/mol. The Bertz CT molecular complexity index is 1440. The van der Waals surface area contributed by atoms with Crippen LogP contribution in [0.4, 0.5) is 16.5 Å². The van der Waals surface area contributed by atoms with Crippen LogP contribution in [0.25, 0.3) is 11.5 Å². The van der Waals surface area contributed by atoms with Gasteiger partial charge >= 0.3 is 0 Å². The van der Waals surface area contributed by atoms with Crippen LogP contribution in [0, 0.1) is 11.3 Å². The number of nitrogens with zero attached hydrogens (tertiary/aromatic N) is 5. The number of rotatable bonds is 7. The highest BCUT2D eigenvalue weighted by molar-refractivity contribution is 7.16. The Morgan fingerprint density at radius 2 is 2.13 bits per heavy atom. The third-order valence-electron chi connectivity index (χ3n) is 8.02. The van der Waals surface area contributed by atoms with Gasteiger partial charge in [0.15, 0.2) is 17.3 Å². The van der Waals surface area contributed by atoms with Crippen molar-refractivity contribution in [3.05, 3.63) is 37.7 Å². The Kier molecular flexibility index (Phi) is 7.17. The molecule has 11 nitrogen and oxygen atoms in total. The molecule has 3 aromatic rings. The quantitative estimate of drug-likeness (QED) is 0.258. The predicted octanol–water partition coefficient (Wildman–Crippen LogP) is 3.11. The number of aromatic nitrogens is 3. The third-order valence-corrected chi connectivity index (χ3v) is 9.11. The number of hydrogen-bond donors (Lipinski definition) is 4. The molecule has 38 heavy (non-hydrogen) atoms. The first-order chi connectivity index (χ1) is 18.3. The van der Waals surface area contributed by atoms with Gasteiger partial charge in [-0.3, -0.25) is 9.80 Å². The van der Waals surface area contributed by atoms with Gasteiger partial charge in [0.2, 0.25) is 0 Å². The minimum Gasteiger partial charge on any atom is -0.391 e. The molecular weight excluding hydrogens is 502 g/mol. The van der Waals surface area contributed by atoms with Gasteiger partial charge in [-0.15, -0.1) is 11.3 Å². The molecule has 3 aromatic heterocycles. The van der Waals surface area contributed by atoms with Gasteiger partial charge in [-0.1, -0.05) is 18.5 Å². The van der Waals surface area contributed by atoms with Crippen LogP contribution in [0.3, 0.4) is 0 Å². The molecule has 0 aromatic carbocycles. The molecule has 3 unspecified atom stereocenters. The second kappa shape index (κ2) is 10.4. The molecule has 3 atom stereocenters. The number of nitriles is 1. The van der Waals surface area contributed by atoms with Crippen LogP contribution >= 0.6 is 11.3 Å². The van der Waals surface area contributed by atoms with Gasteiger partial charge in [-0.05, 0) is 64.6 Å². The molecule has 1 fully saturated rings. The molecule has 0 spiro atoms. The van der Waals surface area contributed by atoms with Crippen LogP contribution in [0.1, 0.15) is 79.2 Å². The fourth-order valence-electron chi connectivity index (χ4n) is 6.02. The lowest BCUT2D eigenvalue weighted by atomic mass is 9.81. The lowest BCUT2D eigenvalue weighted by Crippen LogP contribution is -2.51. The van der Waals surface area contributed by atoms with Crippen molar-refractivity contribution in [3.8, 4) is 17.6 Å². The van der Waals surface area contributed by atoms with E-state index in [0.29, 0.717) is 28.4 Å². The van der Waals surface area contributed by atoms with Crippen LogP contribution in [-0.2, 0) is 12.8 Å². The number of nitrogens with two attached hydrogens (primary N) is 3. The number of thiophene rings is 1. The number of anilines is 3. The summed E-state index contributed by atoms with van der Waals surface area (Å²) < 4.78 is 5.92. The molecule has 0 saturated carbocycles. The maximum absolute atomic E-state index is 12.9. The molecule has 1 saturated heterocycles. The third kappa shape index (κ3) is 4.34. The Labute approximate surface area is 225 Å². The Hall–Kier alpha value is -3.40. The van der Waals surface area contributed by atoms with Crippen molar-refractivity contribution in [3.63, 3.8) is 0 Å². The van der Waals surface area contributed by atoms with Gasteiger partial charge in [0.05, 0.1) is 11.6 Å². The van der Waals surface area contributed by atoms with E-state index < -0.39 is 5.56 Å². The highest BCUT2D eigenvalue weighted by Gasteiger charge is 2.36. The van der Waals surface area contributed by atoms with E-state index in [1.54, 1.807) is 0 Å². The number of fused-ring (bicyclic) bond motifs is 1. The van der Waals surface area contributed by atoms with E-state index in [4.69, 9.17) is 26.8 Å². The van der Waals surface area contributed by atoms with Crippen LogP contribution in [0.15, 0.2) is 9.32 Å². The molecule has 0 amide bonds. The molecule has 0 bridgehead atoms. The highest BCUT2D eigenvalue weighted by Crippen LogP contribution is 2.46. The Morgan fingerprint density at radius 3 is 2.82 bits per heavy atom. The zero-order valence-electron chi connectivity index (χ0n) is 22.1. The molecule has 12 heteroatoms. The summed E-state index contributed by atoms with van der Waals surface area (Å²) in [7, 11) is 2.07. The molecule has 2 aliphatic rings. The van der Waals surface area contributed by atoms with Crippen molar-refractivity contribution in [1.82, 2.24) is 20.0 Å². The molecular formula is C26H35N9O2S. The Morgan fingerprint density at radius 1 is 1.34 bits per heavy atom. The summed E-state index contributed by atoms with van der Waals surface area (Å²) in [5.41, 5.74) is 14.7. The van der Waals surface area contributed by atoms with Crippen molar-refractivity contribution in [2.45, 2.75) is 76.8 Å². The molecule has 202 valence electrons. The first-order valence-corrected chi connectivity index (χ1v) is 14.0. The van der Waals surface area contributed by atoms with Gasteiger partial charge in [0, 0.05) is 22.4 Å². The molecule has 1 aliphatic carbocycles. The van der Waals surface area contributed by atoms with E-state index in [2.05, 4.69) is 35.1 Å². The number of hydrogen-bond acceptors (Lipinski definition) is 11. The molecule has 5 rings (SSSR count). The van der Waals surface area contributed by atoms with Gasteiger partial charge < -0.3 is 25.9 Å². The SMILES string of the molecule is CCCc1sc(N)c(C#N)c1C1CCCc2c(-c3nc(N(N)C(C)C4CCCN4C)c(N)c(=O)[nH]3)noc21. The van der Waals surface area contributed by atoms with E-state index in [1.165, 1.54) is 16.3 Å². The zero-order chi connectivity index (χ0) is 27.1. The number of aryl methyl sites for hydroxylation is 1. The second-order valence-electron chi connectivity index (χ2n) is 10.3. The normalized spacial score (nSPS) is 20.3. The van der Waals surface area contributed by atoms with Crippen LogP contribution < -0.4 is 27.9 Å². The maximum Gasteiger partial charge on any atom is 0.276 e. The summed E-state index contributed by atoms with van der Waals surface area (Å²) in [6, 6.07) is 2.43. The number of nitrogen functional groups attached to an aromatic ring is 2. The van der Waals surface area contributed by atoms with E-state index in [0.717, 1.165) is 61.1 Å². The van der Waals surface area contributed by atoms with Crippen molar-refractivity contribution < 1.29 is 4.52 Å². The van der Waals surface area contributed by atoms with Gasteiger partial charge in [0.1, 0.15) is 22.5 Å². The average Bonchev–Trinajstić information content (AvgIpc) is 3.61. The van der Waals surface area contributed by atoms with Crippen molar-refractivity contribution in [2.24, 2.45) is 5.84 Å². The lowest BCUT2D eigenvalue weighted by Gasteiger charge is -2.33. The zero-order valence-corrected chi connectivity index (χ0v) is 22.9. The number of aromatic amines is 1. The Balaban J connectivity index is 1.55. The van der Waals surface area contributed by atoms with Gasteiger partial charge in [0.25, 0.3) is 5.56 Å². The minimum atomic E-state index is -0.473. The van der Waals surface area contributed by atoms with E-state index in [9.17, 15) is 10.1 Å². The minimum absolute atomic E-state index is 0.0318. The molecule has 1 aliphatic heterocycles. The van der Waals surface area contributed by atoms with Crippen molar-refractivity contribution in [1.29, 1.82) is 5.26 Å². The predicted molar refractivity (Wildman–Crippen MR) is 149 cm³/mol. The van der Waals surface area contributed by atoms with Crippen LogP contribution in [-0.4, -0.2) is 45.7 Å². The standard InChI is InChI=1S/C26H35N9O2S/c1-4-7-18-19(16(12-27)23(29)38-18)14-8-5-9-15-21(33-37-22(14)15)24-31-25(20(28)26(36)32-24)35(30)13(2)17-10-6-11-34(17)3/h13-14,17H,4-11,28-30H2,1-3H3,(H,31,32,36). The maximum atomic E-state index is 12.9. The van der Waals surface area contributed by atoms with Crippen LogP contribution in [0.5, 0.6) is 0 Å². The molecule has 7 N–H and O–H groups in total. The van der Waals surface area contributed by atoms with Crippen molar-refractivity contribution >= 4 is 27.8 Å². The highest BCUT2D eigenvalue weighted by atomic mass is 32.1. The fraction of sp³-hybridized carbons (Fsp3) is 0.538. The number of likely N-dealkylation sites (tertiary alicyclic amines) is 1. The first-order valence-electron chi connectivity index (χ1n) is 13.2.